The van der Waals surface area contributed by atoms with Crippen LogP contribution in [0.4, 0.5) is 0 Å². The van der Waals surface area contributed by atoms with E-state index in [1.807, 2.05) is 0 Å². The molecule has 2 aliphatic rings. The van der Waals surface area contributed by atoms with E-state index in [0.717, 1.165) is 17.9 Å². The zero-order chi connectivity index (χ0) is 12.1. The Labute approximate surface area is 107 Å². The van der Waals surface area contributed by atoms with Gasteiger partial charge in [0.25, 0.3) is 0 Å². The van der Waals surface area contributed by atoms with Crippen LogP contribution in [0.15, 0.2) is 0 Å². The summed E-state index contributed by atoms with van der Waals surface area (Å²) in [6.45, 7) is 9.81. The lowest BCUT2D eigenvalue weighted by atomic mass is 9.98. The van der Waals surface area contributed by atoms with Crippen molar-refractivity contribution in [3.8, 4) is 0 Å². The van der Waals surface area contributed by atoms with Crippen LogP contribution < -0.4 is 5.32 Å². The van der Waals surface area contributed by atoms with Crippen molar-refractivity contribution in [2.45, 2.75) is 58.4 Å². The van der Waals surface area contributed by atoms with Crippen LogP contribution in [-0.4, -0.2) is 37.1 Å². The van der Waals surface area contributed by atoms with Crippen molar-refractivity contribution >= 4 is 0 Å². The fourth-order valence-corrected chi connectivity index (χ4v) is 3.10. The molecule has 1 saturated carbocycles. The normalized spacial score (nSPS) is 28.2. The van der Waals surface area contributed by atoms with E-state index in [-0.39, 0.29) is 0 Å². The van der Waals surface area contributed by atoms with Gasteiger partial charge in [0.1, 0.15) is 0 Å². The van der Waals surface area contributed by atoms with Gasteiger partial charge in [-0.3, -0.25) is 0 Å². The Hall–Kier alpha value is -0.0800. The molecule has 1 N–H and O–H groups in total. The third kappa shape index (κ3) is 4.26. The molecule has 1 heterocycles. The van der Waals surface area contributed by atoms with Gasteiger partial charge in [-0.15, -0.1) is 0 Å². The van der Waals surface area contributed by atoms with Gasteiger partial charge >= 0.3 is 0 Å². The van der Waals surface area contributed by atoms with Crippen molar-refractivity contribution in [2.75, 3.05) is 26.2 Å². The maximum atomic E-state index is 3.70. The average molecular weight is 238 g/mol. The van der Waals surface area contributed by atoms with Crippen LogP contribution in [0.5, 0.6) is 0 Å². The number of nitrogens with one attached hydrogen (secondary N) is 1. The standard InChI is InChI=1S/C15H30N2/c1-3-5-6-13(4-2)11-17-10-9-16-15(12-17)14-7-8-14/h13-16H,3-12H2,1-2H3. The molecule has 0 spiro atoms. The molecule has 1 aliphatic carbocycles. The van der Waals surface area contributed by atoms with Gasteiger partial charge in [-0.2, -0.15) is 0 Å². The highest BCUT2D eigenvalue weighted by atomic mass is 15.2. The van der Waals surface area contributed by atoms with Gasteiger partial charge in [-0.25, -0.2) is 0 Å². The van der Waals surface area contributed by atoms with E-state index in [1.165, 1.54) is 64.7 Å². The SMILES string of the molecule is CCCCC(CC)CN1CCNC(C2CC2)C1. The zero-order valence-electron chi connectivity index (χ0n) is 11.8. The lowest BCUT2D eigenvalue weighted by Gasteiger charge is -2.36. The highest BCUT2D eigenvalue weighted by molar-refractivity contribution is 4.91. The minimum Gasteiger partial charge on any atom is -0.311 e. The van der Waals surface area contributed by atoms with Crippen LogP contribution in [0.25, 0.3) is 0 Å². The van der Waals surface area contributed by atoms with Crippen molar-refractivity contribution in [3.05, 3.63) is 0 Å². The Balaban J connectivity index is 1.72. The summed E-state index contributed by atoms with van der Waals surface area (Å²) in [4.78, 5) is 2.73. The first-order valence-electron chi connectivity index (χ1n) is 7.79. The second-order valence-electron chi connectivity index (χ2n) is 6.07. The van der Waals surface area contributed by atoms with E-state index in [1.54, 1.807) is 0 Å². The molecule has 0 aromatic rings. The van der Waals surface area contributed by atoms with Crippen molar-refractivity contribution in [1.29, 1.82) is 0 Å². The summed E-state index contributed by atoms with van der Waals surface area (Å²) in [5.41, 5.74) is 0. The minimum atomic E-state index is 0.812. The molecule has 0 aromatic heterocycles. The number of hydrogen-bond acceptors (Lipinski definition) is 2. The summed E-state index contributed by atoms with van der Waals surface area (Å²) < 4.78 is 0. The Bertz CT molecular complexity index is 213. The van der Waals surface area contributed by atoms with Crippen LogP contribution in [0, 0.1) is 11.8 Å². The summed E-state index contributed by atoms with van der Waals surface area (Å²) in [6, 6.07) is 0.812. The lowest BCUT2D eigenvalue weighted by Crippen LogP contribution is -2.52. The molecule has 2 rings (SSSR count). The van der Waals surface area contributed by atoms with Crippen LogP contribution in [0.3, 0.4) is 0 Å². The molecule has 0 radical (unpaired) electrons. The predicted molar refractivity (Wildman–Crippen MR) is 74.3 cm³/mol. The summed E-state index contributed by atoms with van der Waals surface area (Å²) in [5, 5.41) is 3.70. The van der Waals surface area contributed by atoms with Crippen LogP contribution in [0.2, 0.25) is 0 Å². The molecule has 0 bridgehead atoms. The Morgan fingerprint density at radius 3 is 2.76 bits per heavy atom. The molecule has 2 unspecified atom stereocenters. The largest absolute Gasteiger partial charge is 0.311 e. The maximum absolute atomic E-state index is 3.70. The second kappa shape index (κ2) is 6.75. The van der Waals surface area contributed by atoms with E-state index < -0.39 is 0 Å². The van der Waals surface area contributed by atoms with Gasteiger partial charge in [-0.1, -0.05) is 33.1 Å². The second-order valence-corrected chi connectivity index (χ2v) is 6.07. The summed E-state index contributed by atoms with van der Waals surface area (Å²) in [7, 11) is 0. The molecule has 0 amide bonds. The van der Waals surface area contributed by atoms with E-state index in [2.05, 4.69) is 24.1 Å². The topological polar surface area (TPSA) is 15.3 Å². The number of nitrogens with zero attached hydrogens (tertiary/aromatic N) is 1. The predicted octanol–water partition coefficient (Wildman–Crippen LogP) is 2.89. The number of unbranched alkanes of at least 4 members (excludes halogenated alkanes) is 1. The molecule has 1 aliphatic heterocycles. The molecule has 2 fully saturated rings. The number of hydrogen-bond donors (Lipinski definition) is 1. The maximum Gasteiger partial charge on any atom is 0.0223 e. The van der Waals surface area contributed by atoms with Gasteiger partial charge in [0.05, 0.1) is 0 Å². The first-order valence-corrected chi connectivity index (χ1v) is 7.79. The molecule has 2 nitrogen and oxygen atoms in total. The molecule has 100 valence electrons. The number of piperazine rings is 1. The van der Waals surface area contributed by atoms with E-state index in [9.17, 15) is 0 Å². The Morgan fingerprint density at radius 1 is 1.29 bits per heavy atom. The monoisotopic (exact) mass is 238 g/mol. The molecule has 0 aromatic carbocycles. The van der Waals surface area contributed by atoms with Crippen molar-refractivity contribution in [3.63, 3.8) is 0 Å². The minimum absolute atomic E-state index is 0.812. The van der Waals surface area contributed by atoms with Gasteiger partial charge in [-0.05, 0) is 31.1 Å². The summed E-state index contributed by atoms with van der Waals surface area (Å²) in [6.07, 6.45) is 8.50. The molecular weight excluding hydrogens is 208 g/mol. The summed E-state index contributed by atoms with van der Waals surface area (Å²) >= 11 is 0. The van der Waals surface area contributed by atoms with Crippen LogP contribution in [0.1, 0.15) is 52.4 Å². The lowest BCUT2D eigenvalue weighted by molar-refractivity contribution is 0.158. The summed E-state index contributed by atoms with van der Waals surface area (Å²) in [5.74, 6) is 1.95. The molecule has 1 saturated heterocycles. The quantitative estimate of drug-likeness (QED) is 0.733. The van der Waals surface area contributed by atoms with Crippen molar-refractivity contribution in [1.82, 2.24) is 10.2 Å². The van der Waals surface area contributed by atoms with Crippen LogP contribution >= 0.6 is 0 Å². The van der Waals surface area contributed by atoms with E-state index in [4.69, 9.17) is 0 Å². The number of rotatable bonds is 7. The fourth-order valence-electron chi connectivity index (χ4n) is 3.10. The molecule has 2 atom stereocenters. The smallest absolute Gasteiger partial charge is 0.0223 e. The van der Waals surface area contributed by atoms with Gasteiger partial charge < -0.3 is 10.2 Å². The molecular formula is C15H30N2. The van der Waals surface area contributed by atoms with Gasteiger partial charge in [0.15, 0.2) is 0 Å². The van der Waals surface area contributed by atoms with Crippen LogP contribution in [-0.2, 0) is 0 Å². The van der Waals surface area contributed by atoms with Crippen molar-refractivity contribution < 1.29 is 0 Å². The van der Waals surface area contributed by atoms with E-state index >= 15 is 0 Å². The third-order valence-electron chi connectivity index (χ3n) is 4.54. The highest BCUT2D eigenvalue weighted by Crippen LogP contribution is 2.33. The zero-order valence-corrected chi connectivity index (χ0v) is 11.8. The third-order valence-corrected chi connectivity index (χ3v) is 4.54. The Morgan fingerprint density at radius 2 is 2.12 bits per heavy atom. The Kier molecular flexibility index (Phi) is 5.30. The highest BCUT2D eigenvalue weighted by Gasteiger charge is 2.34. The van der Waals surface area contributed by atoms with E-state index in [0.29, 0.717) is 0 Å². The molecule has 17 heavy (non-hydrogen) atoms. The first-order chi connectivity index (χ1) is 8.33. The first kappa shape index (κ1) is 13.4. The van der Waals surface area contributed by atoms with Gasteiger partial charge in [0, 0.05) is 32.2 Å². The fraction of sp³-hybridized carbons (Fsp3) is 1.00. The molecule has 2 heteroatoms. The van der Waals surface area contributed by atoms with Gasteiger partial charge in [0.2, 0.25) is 0 Å². The van der Waals surface area contributed by atoms with Crippen molar-refractivity contribution in [2.24, 2.45) is 11.8 Å². The average Bonchev–Trinajstić information content (AvgIpc) is 3.19.